The number of nitrogens with zero attached hydrogens (tertiary/aromatic N) is 1. The number of hydrogen-bond acceptors (Lipinski definition) is 1. The van der Waals surface area contributed by atoms with Gasteiger partial charge in [0.05, 0.1) is 0 Å². The minimum Gasteiger partial charge on any atom is -0.356 e. The van der Waals surface area contributed by atoms with Gasteiger partial charge >= 0.3 is 0 Å². The molecule has 34 heavy (non-hydrogen) atoms. The Labute approximate surface area is 203 Å². The molecule has 0 saturated heterocycles. The smallest absolute Gasteiger partial charge is 0.220 e. The third-order valence-electron chi connectivity index (χ3n) is 6.56. The topological polar surface area (TPSA) is 34.0 Å². The monoisotopic (exact) mass is 452 g/mol. The van der Waals surface area contributed by atoms with Crippen molar-refractivity contribution in [3.63, 3.8) is 0 Å². The van der Waals surface area contributed by atoms with Crippen molar-refractivity contribution >= 4 is 16.8 Å². The molecule has 0 aliphatic heterocycles. The van der Waals surface area contributed by atoms with Crippen LogP contribution in [0.15, 0.2) is 91.1 Å². The zero-order valence-electron chi connectivity index (χ0n) is 20.2. The number of aromatic nitrogens is 1. The molecular formula is C31H36N2O. The van der Waals surface area contributed by atoms with Crippen LogP contribution in [-0.4, -0.2) is 17.0 Å². The van der Waals surface area contributed by atoms with Crippen LogP contribution in [0, 0.1) is 0 Å². The lowest BCUT2D eigenvalue weighted by Gasteiger charge is -2.17. The Kier molecular flexibility index (Phi) is 8.56. The van der Waals surface area contributed by atoms with E-state index >= 15 is 0 Å². The van der Waals surface area contributed by atoms with Crippen molar-refractivity contribution in [3.8, 4) is 0 Å². The Morgan fingerprint density at radius 3 is 2.24 bits per heavy atom. The molecule has 3 nitrogen and oxygen atoms in total. The molecule has 0 spiro atoms. The summed E-state index contributed by atoms with van der Waals surface area (Å²) in [5.41, 5.74) is 5.03. The third-order valence-corrected chi connectivity index (χ3v) is 6.56. The molecule has 1 amide bonds. The number of para-hydroxylation sites is 1. The average Bonchev–Trinajstić information content (AvgIpc) is 3.23. The fourth-order valence-corrected chi connectivity index (χ4v) is 4.78. The molecule has 176 valence electrons. The molecule has 3 aromatic carbocycles. The minimum atomic E-state index is 0.125. The summed E-state index contributed by atoms with van der Waals surface area (Å²) < 4.78 is 2.33. The first-order valence-corrected chi connectivity index (χ1v) is 12.7. The Balaban J connectivity index is 1.60. The van der Waals surface area contributed by atoms with E-state index in [0.29, 0.717) is 6.42 Å². The predicted octanol–water partition coefficient (Wildman–Crippen LogP) is 7.10. The highest BCUT2D eigenvalue weighted by atomic mass is 16.1. The van der Waals surface area contributed by atoms with Gasteiger partial charge in [-0.1, -0.05) is 105 Å². The van der Waals surface area contributed by atoms with Crippen LogP contribution in [0.4, 0.5) is 0 Å². The van der Waals surface area contributed by atoms with E-state index in [-0.39, 0.29) is 11.8 Å². The van der Waals surface area contributed by atoms with Gasteiger partial charge < -0.3 is 9.88 Å². The first kappa shape index (κ1) is 23.8. The van der Waals surface area contributed by atoms with E-state index in [9.17, 15) is 4.79 Å². The molecule has 1 aromatic heterocycles. The molecule has 1 N–H and O–H groups in total. The summed E-state index contributed by atoms with van der Waals surface area (Å²) in [6.45, 7) is 3.80. The molecule has 1 heterocycles. The normalized spacial score (nSPS) is 12.0. The molecule has 4 rings (SSSR count). The van der Waals surface area contributed by atoms with Crippen molar-refractivity contribution in [3.05, 3.63) is 108 Å². The Bertz CT molecular complexity index is 1160. The van der Waals surface area contributed by atoms with Crippen molar-refractivity contribution in [1.29, 1.82) is 0 Å². The number of benzene rings is 3. The number of amides is 1. The highest BCUT2D eigenvalue weighted by Gasteiger charge is 2.21. The van der Waals surface area contributed by atoms with Crippen LogP contribution in [0.3, 0.4) is 0 Å². The van der Waals surface area contributed by atoms with Gasteiger partial charge in [-0.05, 0) is 41.5 Å². The summed E-state index contributed by atoms with van der Waals surface area (Å²) in [5.74, 6) is 0.275. The first-order valence-electron chi connectivity index (χ1n) is 12.7. The van der Waals surface area contributed by atoms with Crippen LogP contribution in [0.25, 0.3) is 10.9 Å². The van der Waals surface area contributed by atoms with Gasteiger partial charge in [-0.15, -0.1) is 0 Å². The molecule has 0 radical (unpaired) electrons. The van der Waals surface area contributed by atoms with Crippen molar-refractivity contribution in [2.75, 3.05) is 6.54 Å². The SMILES string of the molecule is CCCCCCNC(=O)CC(Cc1ccccc1)c1cn(Cc2ccccc2)c2ccccc12. The van der Waals surface area contributed by atoms with E-state index in [2.05, 4.69) is 102 Å². The molecule has 0 fully saturated rings. The van der Waals surface area contributed by atoms with E-state index in [1.165, 1.54) is 46.9 Å². The van der Waals surface area contributed by atoms with Crippen LogP contribution >= 0.6 is 0 Å². The summed E-state index contributed by atoms with van der Waals surface area (Å²) >= 11 is 0. The Morgan fingerprint density at radius 1 is 0.824 bits per heavy atom. The number of carbonyl (C=O) groups excluding carboxylic acids is 1. The molecule has 0 aliphatic rings. The number of rotatable bonds is 12. The zero-order chi connectivity index (χ0) is 23.6. The van der Waals surface area contributed by atoms with Gasteiger partial charge in [0, 0.05) is 36.6 Å². The third kappa shape index (κ3) is 6.38. The van der Waals surface area contributed by atoms with Gasteiger partial charge in [-0.2, -0.15) is 0 Å². The molecule has 1 atom stereocenters. The zero-order valence-corrected chi connectivity index (χ0v) is 20.2. The van der Waals surface area contributed by atoms with Gasteiger partial charge in [0.1, 0.15) is 0 Å². The summed E-state index contributed by atoms with van der Waals surface area (Å²) in [4.78, 5) is 13.0. The lowest BCUT2D eigenvalue weighted by molar-refractivity contribution is -0.121. The van der Waals surface area contributed by atoms with Crippen molar-refractivity contribution in [1.82, 2.24) is 9.88 Å². The summed E-state index contributed by atoms with van der Waals surface area (Å²) in [7, 11) is 0. The van der Waals surface area contributed by atoms with Gasteiger partial charge in [0.15, 0.2) is 0 Å². The highest BCUT2D eigenvalue weighted by molar-refractivity contribution is 5.86. The standard InChI is InChI=1S/C31H36N2O/c1-2-3-4-13-20-32-31(34)22-27(21-25-14-7-5-8-15-25)29-24-33(23-26-16-9-6-10-17-26)30-19-12-11-18-28(29)30/h5-12,14-19,24,27H,2-4,13,20-23H2,1H3,(H,32,34). The molecular weight excluding hydrogens is 416 g/mol. The number of nitrogens with one attached hydrogen (secondary N) is 1. The number of fused-ring (bicyclic) bond motifs is 1. The fraction of sp³-hybridized carbons (Fsp3) is 0.323. The first-order chi connectivity index (χ1) is 16.7. The van der Waals surface area contributed by atoms with E-state index < -0.39 is 0 Å². The van der Waals surface area contributed by atoms with Crippen LogP contribution in [0.1, 0.15) is 61.6 Å². The Morgan fingerprint density at radius 2 is 1.50 bits per heavy atom. The number of hydrogen-bond donors (Lipinski definition) is 1. The van der Waals surface area contributed by atoms with Crippen LogP contribution in [0.5, 0.6) is 0 Å². The highest BCUT2D eigenvalue weighted by Crippen LogP contribution is 2.33. The van der Waals surface area contributed by atoms with Crippen LogP contribution in [-0.2, 0) is 17.8 Å². The second-order valence-electron chi connectivity index (χ2n) is 9.22. The largest absolute Gasteiger partial charge is 0.356 e. The van der Waals surface area contributed by atoms with E-state index in [1.807, 2.05) is 6.07 Å². The van der Waals surface area contributed by atoms with Gasteiger partial charge in [-0.25, -0.2) is 0 Å². The molecule has 0 aliphatic carbocycles. The second-order valence-corrected chi connectivity index (χ2v) is 9.22. The maximum atomic E-state index is 13.0. The quantitative estimate of drug-likeness (QED) is 0.229. The van der Waals surface area contributed by atoms with E-state index in [0.717, 1.165) is 25.9 Å². The molecule has 1 unspecified atom stereocenters. The van der Waals surface area contributed by atoms with Crippen molar-refractivity contribution in [2.45, 2.75) is 57.9 Å². The fourth-order valence-electron chi connectivity index (χ4n) is 4.78. The molecule has 3 heteroatoms. The Hall–Kier alpha value is -3.33. The van der Waals surface area contributed by atoms with E-state index in [4.69, 9.17) is 0 Å². The minimum absolute atomic E-state index is 0.125. The van der Waals surface area contributed by atoms with Gasteiger partial charge in [-0.3, -0.25) is 4.79 Å². The van der Waals surface area contributed by atoms with Crippen molar-refractivity contribution < 1.29 is 4.79 Å². The maximum Gasteiger partial charge on any atom is 0.220 e. The van der Waals surface area contributed by atoms with Gasteiger partial charge in [0.25, 0.3) is 0 Å². The summed E-state index contributed by atoms with van der Waals surface area (Å²) in [5, 5.41) is 4.42. The summed E-state index contributed by atoms with van der Waals surface area (Å²) in [6.07, 6.45) is 8.30. The van der Waals surface area contributed by atoms with Crippen LogP contribution in [0.2, 0.25) is 0 Å². The van der Waals surface area contributed by atoms with E-state index in [1.54, 1.807) is 0 Å². The van der Waals surface area contributed by atoms with Crippen molar-refractivity contribution in [2.24, 2.45) is 0 Å². The van der Waals surface area contributed by atoms with Crippen LogP contribution < -0.4 is 5.32 Å². The predicted molar refractivity (Wildman–Crippen MR) is 142 cm³/mol. The maximum absolute atomic E-state index is 13.0. The summed E-state index contributed by atoms with van der Waals surface area (Å²) in [6, 6.07) is 29.7. The number of unbranched alkanes of at least 4 members (excludes halogenated alkanes) is 3. The lowest BCUT2D eigenvalue weighted by Crippen LogP contribution is -2.26. The lowest BCUT2D eigenvalue weighted by atomic mass is 9.88. The average molecular weight is 453 g/mol. The molecule has 0 bridgehead atoms. The molecule has 4 aromatic rings. The van der Waals surface area contributed by atoms with Gasteiger partial charge in [0.2, 0.25) is 5.91 Å². The number of carbonyl (C=O) groups is 1. The second kappa shape index (κ2) is 12.2. The molecule has 0 saturated carbocycles.